The summed E-state index contributed by atoms with van der Waals surface area (Å²) in [6.07, 6.45) is 0. The molecule has 0 fully saturated rings. The van der Waals surface area contributed by atoms with E-state index in [1.165, 1.54) is 12.1 Å². The molecule has 0 bridgehead atoms. The number of benzene rings is 3. The van der Waals surface area contributed by atoms with E-state index in [0.717, 1.165) is 5.56 Å². The van der Waals surface area contributed by atoms with Crippen LogP contribution in [0.3, 0.4) is 0 Å². The molecule has 4 N–H and O–H groups in total. The molecular weight excluding hydrogens is 460 g/mol. The molecule has 4 aromatic rings. The van der Waals surface area contributed by atoms with Crippen LogP contribution in [0, 0.1) is 0 Å². The second-order valence-corrected chi connectivity index (χ2v) is 8.37. The standard InChI is InChI=1S/C27H26N4O5/c1-31(2)14-15-36-30-25(32)18-8-11-20(12-9-18)28-24(17-6-4-3-5-7-17)23-21-13-10-19(27(34)35)16-22(21)29-26(23)33/h3-13,16,29,33H,14-15H2,1-2H3,(H,30,32)(H,34,35). The highest BCUT2D eigenvalue weighted by molar-refractivity contribution is 6.22. The summed E-state index contributed by atoms with van der Waals surface area (Å²) in [5.74, 6) is -1.55. The minimum atomic E-state index is -1.06. The Bertz CT molecular complexity index is 1410. The predicted molar refractivity (Wildman–Crippen MR) is 137 cm³/mol. The van der Waals surface area contributed by atoms with Gasteiger partial charge in [-0.15, -0.1) is 0 Å². The van der Waals surface area contributed by atoms with Crippen molar-refractivity contribution in [2.45, 2.75) is 0 Å². The van der Waals surface area contributed by atoms with Crippen LogP contribution in [-0.4, -0.2) is 64.9 Å². The van der Waals surface area contributed by atoms with Gasteiger partial charge in [0.1, 0.15) is 0 Å². The summed E-state index contributed by atoms with van der Waals surface area (Å²) >= 11 is 0. The number of aromatic amines is 1. The molecular formula is C27H26N4O5. The van der Waals surface area contributed by atoms with Gasteiger partial charge in [0.05, 0.1) is 29.1 Å². The van der Waals surface area contributed by atoms with E-state index in [2.05, 4.69) is 10.5 Å². The summed E-state index contributed by atoms with van der Waals surface area (Å²) in [5.41, 5.74) is 5.68. The molecule has 36 heavy (non-hydrogen) atoms. The van der Waals surface area contributed by atoms with E-state index in [9.17, 15) is 19.8 Å². The van der Waals surface area contributed by atoms with Crippen molar-refractivity contribution in [3.63, 3.8) is 0 Å². The van der Waals surface area contributed by atoms with Crippen LogP contribution in [0.1, 0.15) is 31.8 Å². The number of nitrogens with zero attached hydrogens (tertiary/aromatic N) is 2. The number of nitrogens with one attached hydrogen (secondary N) is 2. The number of carboxylic acid groups (broad SMARTS) is 1. The largest absolute Gasteiger partial charge is 0.494 e. The minimum absolute atomic E-state index is 0.105. The first-order chi connectivity index (χ1) is 17.3. The van der Waals surface area contributed by atoms with Crippen LogP contribution in [0.15, 0.2) is 77.8 Å². The number of carboxylic acids is 1. The Morgan fingerprint density at radius 2 is 1.67 bits per heavy atom. The van der Waals surface area contributed by atoms with Gasteiger partial charge in [-0.3, -0.25) is 9.63 Å². The SMILES string of the molecule is CN(C)CCONC(=O)c1ccc(N=C(c2ccccc2)c2c(O)[nH]c3cc(C(=O)O)ccc23)cc1. The smallest absolute Gasteiger partial charge is 0.335 e. The quantitative estimate of drug-likeness (QED) is 0.161. The van der Waals surface area contributed by atoms with Gasteiger partial charge >= 0.3 is 5.97 Å². The van der Waals surface area contributed by atoms with Gasteiger partial charge in [0, 0.05) is 28.6 Å². The number of amides is 1. The Labute approximate surface area is 207 Å². The maximum absolute atomic E-state index is 12.3. The van der Waals surface area contributed by atoms with Gasteiger partial charge in [-0.2, -0.15) is 0 Å². The third kappa shape index (κ3) is 5.60. The zero-order chi connectivity index (χ0) is 25.7. The Morgan fingerprint density at radius 3 is 2.33 bits per heavy atom. The molecule has 9 heteroatoms. The molecule has 3 aromatic carbocycles. The highest BCUT2D eigenvalue weighted by Crippen LogP contribution is 2.32. The molecule has 0 aliphatic carbocycles. The van der Waals surface area contributed by atoms with E-state index in [1.54, 1.807) is 30.3 Å². The maximum Gasteiger partial charge on any atom is 0.335 e. The van der Waals surface area contributed by atoms with Crippen molar-refractivity contribution in [1.82, 2.24) is 15.4 Å². The molecule has 184 valence electrons. The number of aromatic hydroxyl groups is 1. The first kappa shape index (κ1) is 24.6. The zero-order valence-corrected chi connectivity index (χ0v) is 19.9. The molecule has 0 unspecified atom stereocenters. The Hall–Kier alpha value is -4.47. The fraction of sp³-hybridized carbons (Fsp3) is 0.148. The highest BCUT2D eigenvalue weighted by atomic mass is 16.6. The van der Waals surface area contributed by atoms with E-state index >= 15 is 0 Å². The number of H-pyrrole nitrogens is 1. The molecule has 1 aromatic heterocycles. The first-order valence-corrected chi connectivity index (χ1v) is 11.2. The van der Waals surface area contributed by atoms with Crippen LogP contribution >= 0.6 is 0 Å². The normalized spacial score (nSPS) is 11.7. The molecule has 0 aliphatic heterocycles. The van der Waals surface area contributed by atoms with Gasteiger partial charge in [-0.25, -0.2) is 15.3 Å². The maximum atomic E-state index is 12.3. The average Bonchev–Trinajstić information content (AvgIpc) is 3.20. The lowest BCUT2D eigenvalue weighted by Crippen LogP contribution is -2.28. The number of hydroxylamine groups is 1. The molecule has 0 radical (unpaired) electrons. The Morgan fingerprint density at radius 1 is 0.972 bits per heavy atom. The van der Waals surface area contributed by atoms with E-state index in [1.807, 2.05) is 49.3 Å². The highest BCUT2D eigenvalue weighted by Gasteiger charge is 2.19. The lowest BCUT2D eigenvalue weighted by atomic mass is 10.00. The predicted octanol–water partition coefficient (Wildman–Crippen LogP) is 3.96. The number of likely N-dealkylation sites (N-methyl/N-ethyl adjacent to an activating group) is 1. The number of carbonyl (C=O) groups excluding carboxylic acids is 1. The number of fused-ring (bicyclic) bond motifs is 1. The fourth-order valence-corrected chi connectivity index (χ4v) is 3.64. The second-order valence-electron chi connectivity index (χ2n) is 8.37. The Kier molecular flexibility index (Phi) is 7.43. The fourth-order valence-electron chi connectivity index (χ4n) is 3.64. The van der Waals surface area contributed by atoms with Crippen molar-refractivity contribution >= 4 is 34.2 Å². The van der Waals surface area contributed by atoms with Crippen LogP contribution in [0.2, 0.25) is 0 Å². The van der Waals surface area contributed by atoms with Gasteiger partial charge < -0.3 is 20.1 Å². The molecule has 0 saturated heterocycles. The molecule has 0 spiro atoms. The number of aromatic nitrogens is 1. The third-order valence-electron chi connectivity index (χ3n) is 5.49. The lowest BCUT2D eigenvalue weighted by molar-refractivity contribution is 0.0263. The van der Waals surface area contributed by atoms with E-state index < -0.39 is 5.97 Å². The summed E-state index contributed by atoms with van der Waals surface area (Å²) in [6.45, 7) is 1.04. The number of carbonyl (C=O) groups is 2. The molecule has 4 rings (SSSR count). The summed E-state index contributed by atoms with van der Waals surface area (Å²) in [6, 6.07) is 20.6. The Balaban J connectivity index is 1.67. The van der Waals surface area contributed by atoms with E-state index in [-0.39, 0.29) is 17.4 Å². The van der Waals surface area contributed by atoms with Crippen LogP contribution in [0.25, 0.3) is 10.9 Å². The number of hydrogen-bond acceptors (Lipinski definition) is 6. The van der Waals surface area contributed by atoms with Crippen molar-refractivity contribution in [2.24, 2.45) is 4.99 Å². The topological polar surface area (TPSA) is 127 Å². The van der Waals surface area contributed by atoms with Crippen LogP contribution in [0.4, 0.5) is 5.69 Å². The van der Waals surface area contributed by atoms with Gasteiger partial charge in [0.25, 0.3) is 5.91 Å². The number of aromatic carboxylic acids is 1. The molecule has 0 atom stereocenters. The lowest BCUT2D eigenvalue weighted by Gasteiger charge is -2.10. The molecule has 9 nitrogen and oxygen atoms in total. The van der Waals surface area contributed by atoms with Crippen molar-refractivity contribution in [2.75, 3.05) is 27.2 Å². The van der Waals surface area contributed by atoms with Crippen LogP contribution < -0.4 is 5.48 Å². The summed E-state index contributed by atoms with van der Waals surface area (Å²) in [4.78, 5) is 38.5. The second kappa shape index (κ2) is 10.9. The van der Waals surface area contributed by atoms with Crippen molar-refractivity contribution in [3.8, 4) is 5.88 Å². The van der Waals surface area contributed by atoms with E-state index in [0.29, 0.717) is 46.6 Å². The molecule has 1 heterocycles. The summed E-state index contributed by atoms with van der Waals surface area (Å²) in [5, 5.41) is 20.7. The zero-order valence-electron chi connectivity index (χ0n) is 19.9. The summed E-state index contributed by atoms with van der Waals surface area (Å²) < 4.78 is 0. The average molecular weight is 487 g/mol. The van der Waals surface area contributed by atoms with Crippen LogP contribution in [-0.2, 0) is 4.84 Å². The van der Waals surface area contributed by atoms with Gasteiger partial charge in [0.2, 0.25) is 0 Å². The van der Waals surface area contributed by atoms with Gasteiger partial charge in [-0.1, -0.05) is 36.4 Å². The van der Waals surface area contributed by atoms with Crippen LogP contribution in [0.5, 0.6) is 5.88 Å². The van der Waals surface area contributed by atoms with Crippen molar-refractivity contribution in [1.29, 1.82) is 0 Å². The number of hydrogen-bond donors (Lipinski definition) is 4. The number of aliphatic imine (C=N–C) groups is 1. The number of rotatable bonds is 9. The van der Waals surface area contributed by atoms with Crippen molar-refractivity contribution < 1.29 is 24.6 Å². The van der Waals surface area contributed by atoms with Crippen molar-refractivity contribution in [3.05, 3.63) is 95.1 Å². The third-order valence-corrected chi connectivity index (χ3v) is 5.49. The van der Waals surface area contributed by atoms with Gasteiger partial charge in [-0.05, 0) is 50.5 Å². The monoisotopic (exact) mass is 486 g/mol. The summed E-state index contributed by atoms with van der Waals surface area (Å²) in [7, 11) is 3.83. The molecule has 0 saturated carbocycles. The first-order valence-electron chi connectivity index (χ1n) is 11.2. The minimum Gasteiger partial charge on any atom is -0.494 e. The molecule has 1 amide bonds. The molecule has 0 aliphatic rings. The van der Waals surface area contributed by atoms with Gasteiger partial charge in [0.15, 0.2) is 5.88 Å². The van der Waals surface area contributed by atoms with E-state index in [4.69, 9.17) is 9.83 Å².